The van der Waals surface area contributed by atoms with E-state index in [0.29, 0.717) is 0 Å². The Balaban J connectivity index is -0.0000000675. The van der Waals surface area contributed by atoms with Gasteiger partial charge in [-0.3, -0.25) is 0 Å². The van der Waals surface area contributed by atoms with Crippen molar-refractivity contribution < 1.29 is 124 Å². The van der Waals surface area contributed by atoms with Gasteiger partial charge < -0.3 is 28.7 Å². The number of rotatable bonds is 3. The van der Waals surface area contributed by atoms with Crippen molar-refractivity contribution in [3.8, 4) is 0 Å². The van der Waals surface area contributed by atoms with E-state index in [2.05, 4.69) is 9.35 Å². The van der Waals surface area contributed by atoms with Crippen LogP contribution in [0.3, 0.4) is 0 Å². The van der Waals surface area contributed by atoms with Crippen molar-refractivity contribution in [1.82, 2.24) is 0 Å². The second kappa shape index (κ2) is 12.5. The SMILES string of the molecule is O=P([O-])([O-])OOP(=O)([O-])[O-].[Li+].[Li+].[Li+].[Na+]. The molecule has 0 spiro atoms. The summed E-state index contributed by atoms with van der Waals surface area (Å²) in [5, 5.41) is 0. The summed E-state index contributed by atoms with van der Waals surface area (Å²) >= 11 is 0. The Kier molecular flexibility index (Phi) is 26.9. The summed E-state index contributed by atoms with van der Waals surface area (Å²) in [5.74, 6) is 0. The Morgan fingerprint density at radius 3 is 0.929 bits per heavy atom. The molecule has 0 atom stereocenters. The summed E-state index contributed by atoms with van der Waals surface area (Å²) in [6.45, 7) is 0. The molecule has 0 saturated carbocycles. The zero-order valence-electron chi connectivity index (χ0n) is 8.16. The van der Waals surface area contributed by atoms with Crippen molar-refractivity contribution in [2.75, 3.05) is 0 Å². The monoisotopic (exact) mass is 234 g/mol. The van der Waals surface area contributed by atoms with E-state index in [1.807, 2.05) is 0 Å². The summed E-state index contributed by atoms with van der Waals surface area (Å²) in [5.41, 5.74) is 0. The topological polar surface area (TPSA) is 145 Å². The van der Waals surface area contributed by atoms with E-state index in [0.717, 1.165) is 0 Å². The van der Waals surface area contributed by atoms with Gasteiger partial charge in [0, 0.05) is 0 Å². The molecular weight excluding hydrogens is 234 g/mol. The third-order valence-corrected chi connectivity index (χ3v) is 0.848. The number of phosphoric acid groups is 2. The van der Waals surface area contributed by atoms with E-state index in [-0.39, 0.29) is 86.1 Å². The molecule has 0 amide bonds. The molecule has 0 saturated heterocycles. The smallest absolute Gasteiger partial charge is 0.788 e. The summed E-state index contributed by atoms with van der Waals surface area (Å²) < 4.78 is 24.1. The van der Waals surface area contributed by atoms with Crippen LogP contribution in [0.25, 0.3) is 0 Å². The molecule has 0 radical (unpaired) electrons. The van der Waals surface area contributed by atoms with E-state index in [4.69, 9.17) is 0 Å². The zero-order chi connectivity index (χ0) is 8.41. The average Bonchev–Trinajstić information content (AvgIpc) is 1.57. The van der Waals surface area contributed by atoms with E-state index < -0.39 is 15.6 Å². The van der Waals surface area contributed by atoms with Crippen molar-refractivity contribution in [1.29, 1.82) is 0 Å². The molecule has 0 unspecified atom stereocenters. The molecule has 0 N–H and O–H groups in total. The first kappa shape index (κ1) is 30.2. The van der Waals surface area contributed by atoms with Crippen LogP contribution in [0.1, 0.15) is 0 Å². The minimum Gasteiger partial charge on any atom is -0.788 e. The van der Waals surface area contributed by atoms with Gasteiger partial charge in [-0.2, -0.15) is 0 Å². The average molecular weight is 234 g/mol. The van der Waals surface area contributed by atoms with E-state index in [9.17, 15) is 28.7 Å². The Morgan fingerprint density at radius 1 is 0.714 bits per heavy atom. The summed E-state index contributed by atoms with van der Waals surface area (Å²) in [4.78, 5) is 37.6. The second-order valence-corrected chi connectivity index (χ2v) is 3.13. The van der Waals surface area contributed by atoms with E-state index in [1.165, 1.54) is 0 Å². The molecule has 0 aliphatic heterocycles. The third kappa shape index (κ3) is 29.4. The molecule has 0 rings (SSSR count). The van der Waals surface area contributed by atoms with Gasteiger partial charge in [0.25, 0.3) is 0 Å². The molecule has 0 aromatic carbocycles. The minimum absolute atomic E-state index is 0. The molecule has 0 fully saturated rings. The molecule has 0 aliphatic carbocycles. The van der Waals surface area contributed by atoms with Crippen LogP contribution in [-0.4, -0.2) is 0 Å². The van der Waals surface area contributed by atoms with Gasteiger partial charge in [-0.1, -0.05) is 0 Å². The van der Waals surface area contributed by atoms with Gasteiger partial charge >= 0.3 is 86.1 Å². The van der Waals surface area contributed by atoms with Crippen LogP contribution >= 0.6 is 15.6 Å². The van der Waals surface area contributed by atoms with Crippen molar-refractivity contribution >= 4 is 15.6 Å². The van der Waals surface area contributed by atoms with Gasteiger partial charge in [0.05, 0.1) is 0 Å². The third-order valence-electron chi connectivity index (χ3n) is 0.216. The van der Waals surface area contributed by atoms with Crippen LogP contribution in [0.5, 0.6) is 0 Å². The van der Waals surface area contributed by atoms with Crippen molar-refractivity contribution in [3.05, 3.63) is 0 Å². The second-order valence-electron chi connectivity index (χ2n) is 1.04. The molecule has 0 aromatic rings. The fourth-order valence-electron chi connectivity index (χ4n) is 0.0816. The van der Waals surface area contributed by atoms with Crippen molar-refractivity contribution in [2.45, 2.75) is 0 Å². The van der Waals surface area contributed by atoms with Crippen LogP contribution in [0, 0.1) is 0 Å². The maximum Gasteiger partial charge on any atom is 1.00 e. The summed E-state index contributed by atoms with van der Waals surface area (Å²) in [7, 11) is -11.1. The van der Waals surface area contributed by atoms with Gasteiger partial charge in [-0.25, -0.2) is 9.35 Å². The number of hydrogen-bond donors (Lipinski definition) is 0. The van der Waals surface area contributed by atoms with Crippen molar-refractivity contribution in [2.24, 2.45) is 0 Å². The van der Waals surface area contributed by atoms with Gasteiger partial charge in [-0.15, -0.1) is 0 Å². The van der Waals surface area contributed by atoms with Gasteiger partial charge in [0.1, 0.15) is 15.6 Å². The van der Waals surface area contributed by atoms with Crippen LogP contribution < -0.4 is 106 Å². The molecular formula is Li3NaO8P2. The Labute approximate surface area is 138 Å². The van der Waals surface area contributed by atoms with Crippen LogP contribution in [0.4, 0.5) is 0 Å². The van der Waals surface area contributed by atoms with Crippen molar-refractivity contribution in [3.63, 3.8) is 0 Å². The van der Waals surface area contributed by atoms with E-state index >= 15 is 0 Å². The first-order chi connectivity index (χ1) is 4.21. The van der Waals surface area contributed by atoms with E-state index in [1.54, 1.807) is 0 Å². The molecule has 62 valence electrons. The Bertz CT molecular complexity index is 173. The predicted octanol–water partition coefficient (Wildman–Crippen LogP) is -15.4. The standard InChI is InChI=1S/3Li.Na.H4O8P2/c;;;;1-9(2,3)7-8-10(4,5)6/h;;;;(H2,1,2,3)(H2,4,5,6)/q4*+1;/p-4. The molecule has 0 aromatic heterocycles. The predicted molar refractivity (Wildman–Crippen MR) is 17.4 cm³/mol. The summed E-state index contributed by atoms with van der Waals surface area (Å²) in [6.07, 6.45) is 0. The van der Waals surface area contributed by atoms with Gasteiger partial charge in [0.2, 0.25) is 0 Å². The van der Waals surface area contributed by atoms with Gasteiger partial charge in [-0.05, 0) is 0 Å². The molecule has 14 heavy (non-hydrogen) atoms. The zero-order valence-corrected chi connectivity index (χ0v) is 11.9. The molecule has 0 bridgehead atoms. The first-order valence-corrected chi connectivity index (χ1v) is 4.55. The molecule has 0 heterocycles. The minimum atomic E-state index is -5.56. The number of hydrogen-bond acceptors (Lipinski definition) is 8. The van der Waals surface area contributed by atoms with Crippen LogP contribution in [-0.2, 0) is 18.5 Å². The first-order valence-electron chi connectivity index (χ1n) is 1.63. The molecule has 0 aliphatic rings. The normalized spacial score (nSPS) is 9.71. The largest absolute Gasteiger partial charge is 1.00 e. The maximum absolute atomic E-state index is 9.40. The fraction of sp³-hybridized carbons (Fsp3) is 0. The van der Waals surface area contributed by atoms with Crippen LogP contribution in [0.2, 0.25) is 0 Å². The van der Waals surface area contributed by atoms with Crippen LogP contribution in [0.15, 0.2) is 0 Å². The molecule has 8 nitrogen and oxygen atoms in total. The Morgan fingerprint density at radius 2 is 0.857 bits per heavy atom. The summed E-state index contributed by atoms with van der Waals surface area (Å²) in [6, 6.07) is 0. The molecule has 14 heteroatoms. The Hall–Kier alpha value is 3.01. The van der Waals surface area contributed by atoms with Gasteiger partial charge in [0.15, 0.2) is 0 Å². The maximum atomic E-state index is 9.40. The quantitative estimate of drug-likeness (QED) is 0.202. The fourth-order valence-corrected chi connectivity index (χ4v) is 0.735.